The summed E-state index contributed by atoms with van der Waals surface area (Å²) in [5.74, 6) is 0.637. The van der Waals surface area contributed by atoms with Crippen molar-refractivity contribution < 1.29 is 19.2 Å². The van der Waals surface area contributed by atoms with Crippen molar-refractivity contribution in [3.8, 4) is 23.0 Å². The number of carboxylic acid groups (broad SMARTS) is 1. The number of carboxylic acids is 1. The van der Waals surface area contributed by atoms with Crippen LogP contribution in [0.3, 0.4) is 0 Å². The summed E-state index contributed by atoms with van der Waals surface area (Å²) in [6.45, 7) is 3.36. The highest BCUT2D eigenvalue weighted by Gasteiger charge is 2.12. The molecule has 0 amide bonds. The van der Waals surface area contributed by atoms with E-state index in [-0.39, 0.29) is 11.5 Å². The highest BCUT2D eigenvalue weighted by molar-refractivity contribution is 5.90. The van der Waals surface area contributed by atoms with Crippen molar-refractivity contribution in [2.24, 2.45) is 0 Å². The molecule has 1 N–H and O–H groups in total. The van der Waals surface area contributed by atoms with Crippen molar-refractivity contribution >= 4 is 12.0 Å². The average Bonchev–Trinajstić information content (AvgIpc) is 3.04. The van der Waals surface area contributed by atoms with Crippen molar-refractivity contribution in [2.75, 3.05) is 0 Å². The first kappa shape index (κ1) is 16.4. The summed E-state index contributed by atoms with van der Waals surface area (Å²) in [6, 6.07) is 10.9. The molecule has 2 heterocycles. The molecule has 126 valence electrons. The molecule has 2 aromatic heterocycles. The van der Waals surface area contributed by atoms with E-state index in [1.165, 1.54) is 13.0 Å². The predicted octanol–water partition coefficient (Wildman–Crippen LogP) is 3.72. The quantitative estimate of drug-likeness (QED) is 0.708. The Morgan fingerprint density at radius 1 is 1.28 bits per heavy atom. The van der Waals surface area contributed by atoms with Gasteiger partial charge in [0, 0.05) is 29.5 Å². The maximum atomic E-state index is 10.8. The second-order valence-electron chi connectivity index (χ2n) is 5.34. The standard InChI is InChI=1S/C18H15N3O4/c1-11-9-13(24-15-5-3-4-8-19-15)6-7-14(11)17-20-16(25-21-17)10-12(2)18(22)23/h3-10H,1-2H3,(H,22,23). The lowest BCUT2D eigenvalue weighted by atomic mass is 10.1. The highest BCUT2D eigenvalue weighted by atomic mass is 16.5. The number of carbonyl (C=O) groups is 1. The molecule has 0 aliphatic heterocycles. The van der Waals surface area contributed by atoms with E-state index < -0.39 is 5.97 Å². The van der Waals surface area contributed by atoms with Crippen molar-refractivity contribution in [3.63, 3.8) is 0 Å². The largest absolute Gasteiger partial charge is 0.478 e. The van der Waals surface area contributed by atoms with Gasteiger partial charge < -0.3 is 14.4 Å². The van der Waals surface area contributed by atoms with Crippen molar-refractivity contribution in [1.29, 1.82) is 0 Å². The number of rotatable bonds is 5. The zero-order valence-corrected chi connectivity index (χ0v) is 13.6. The van der Waals surface area contributed by atoms with Crippen molar-refractivity contribution in [2.45, 2.75) is 13.8 Å². The summed E-state index contributed by atoms with van der Waals surface area (Å²) in [7, 11) is 0. The Morgan fingerprint density at radius 2 is 2.12 bits per heavy atom. The van der Waals surface area contributed by atoms with Gasteiger partial charge in [0.1, 0.15) is 5.75 Å². The smallest absolute Gasteiger partial charge is 0.331 e. The first-order valence-electron chi connectivity index (χ1n) is 7.48. The molecule has 0 radical (unpaired) electrons. The SMILES string of the molecule is CC(=Cc1nc(-c2ccc(Oc3ccccn3)cc2C)no1)C(=O)O. The molecule has 0 aliphatic carbocycles. The Kier molecular flexibility index (Phi) is 4.56. The normalized spacial score (nSPS) is 11.4. The molecule has 7 heteroatoms. The van der Waals surface area contributed by atoms with E-state index in [2.05, 4.69) is 15.1 Å². The maximum absolute atomic E-state index is 10.8. The predicted molar refractivity (Wildman–Crippen MR) is 90.1 cm³/mol. The van der Waals surface area contributed by atoms with Crippen LogP contribution in [0.25, 0.3) is 17.5 Å². The molecular weight excluding hydrogens is 322 g/mol. The van der Waals surface area contributed by atoms with Crippen LogP contribution in [0.5, 0.6) is 11.6 Å². The molecule has 25 heavy (non-hydrogen) atoms. The van der Waals surface area contributed by atoms with Gasteiger partial charge in [0.15, 0.2) is 0 Å². The monoisotopic (exact) mass is 337 g/mol. The lowest BCUT2D eigenvalue weighted by Crippen LogP contribution is -1.95. The van der Waals surface area contributed by atoms with Gasteiger partial charge in [-0.2, -0.15) is 4.98 Å². The molecule has 3 aromatic rings. The van der Waals surface area contributed by atoms with Crippen LogP contribution in [0.1, 0.15) is 18.4 Å². The van der Waals surface area contributed by atoms with Crippen LogP contribution in [-0.2, 0) is 4.79 Å². The Balaban J connectivity index is 1.83. The van der Waals surface area contributed by atoms with E-state index in [0.717, 1.165) is 11.1 Å². The molecule has 0 aliphatic rings. The molecule has 0 atom stereocenters. The third kappa shape index (κ3) is 3.89. The maximum Gasteiger partial charge on any atom is 0.331 e. The minimum atomic E-state index is -1.04. The molecule has 0 spiro atoms. The number of ether oxygens (including phenoxy) is 1. The lowest BCUT2D eigenvalue weighted by Gasteiger charge is -2.07. The van der Waals surface area contributed by atoms with Gasteiger partial charge in [-0.3, -0.25) is 0 Å². The van der Waals surface area contributed by atoms with E-state index >= 15 is 0 Å². The third-order valence-electron chi connectivity index (χ3n) is 3.42. The fourth-order valence-corrected chi connectivity index (χ4v) is 2.13. The van der Waals surface area contributed by atoms with E-state index in [4.69, 9.17) is 14.4 Å². The van der Waals surface area contributed by atoms with Crippen molar-refractivity contribution in [3.05, 3.63) is 59.6 Å². The number of pyridine rings is 1. The summed E-state index contributed by atoms with van der Waals surface area (Å²) < 4.78 is 10.8. The Hall–Kier alpha value is -3.48. The molecule has 7 nitrogen and oxygen atoms in total. The Bertz CT molecular complexity index is 933. The van der Waals surface area contributed by atoms with E-state index in [1.807, 2.05) is 31.2 Å². The first-order chi connectivity index (χ1) is 12.0. The van der Waals surface area contributed by atoms with Crippen LogP contribution in [0.15, 0.2) is 52.7 Å². The summed E-state index contributed by atoms with van der Waals surface area (Å²) in [6.07, 6.45) is 2.98. The van der Waals surface area contributed by atoms with Gasteiger partial charge in [-0.1, -0.05) is 11.2 Å². The molecule has 0 unspecified atom stereocenters. The Labute approximate surface area is 143 Å². The number of aliphatic carboxylic acids is 1. The lowest BCUT2D eigenvalue weighted by molar-refractivity contribution is -0.132. The van der Waals surface area contributed by atoms with Crippen LogP contribution >= 0.6 is 0 Å². The van der Waals surface area contributed by atoms with Crippen LogP contribution in [0.4, 0.5) is 0 Å². The van der Waals surface area contributed by atoms with Crippen LogP contribution < -0.4 is 4.74 Å². The Morgan fingerprint density at radius 3 is 2.80 bits per heavy atom. The van der Waals surface area contributed by atoms with Gasteiger partial charge in [-0.15, -0.1) is 0 Å². The highest BCUT2D eigenvalue weighted by Crippen LogP contribution is 2.27. The van der Waals surface area contributed by atoms with Gasteiger partial charge >= 0.3 is 5.97 Å². The summed E-state index contributed by atoms with van der Waals surface area (Å²) in [5, 5.41) is 12.8. The number of benzene rings is 1. The second-order valence-corrected chi connectivity index (χ2v) is 5.34. The molecule has 0 bridgehead atoms. The van der Waals surface area contributed by atoms with Crippen LogP contribution in [-0.4, -0.2) is 26.2 Å². The van der Waals surface area contributed by atoms with E-state index in [9.17, 15) is 4.79 Å². The minimum Gasteiger partial charge on any atom is -0.478 e. The first-order valence-corrected chi connectivity index (χ1v) is 7.48. The zero-order chi connectivity index (χ0) is 17.8. The molecule has 1 aromatic carbocycles. The molecular formula is C18H15N3O4. The zero-order valence-electron chi connectivity index (χ0n) is 13.6. The summed E-state index contributed by atoms with van der Waals surface area (Å²) in [5.41, 5.74) is 1.77. The average molecular weight is 337 g/mol. The number of nitrogens with zero attached hydrogens (tertiary/aromatic N) is 3. The molecule has 0 fully saturated rings. The van der Waals surface area contributed by atoms with E-state index in [0.29, 0.717) is 17.5 Å². The summed E-state index contributed by atoms with van der Waals surface area (Å²) >= 11 is 0. The third-order valence-corrected chi connectivity index (χ3v) is 3.42. The van der Waals surface area contributed by atoms with Gasteiger partial charge in [0.25, 0.3) is 5.89 Å². The van der Waals surface area contributed by atoms with E-state index in [1.54, 1.807) is 18.3 Å². The fourth-order valence-electron chi connectivity index (χ4n) is 2.13. The number of hydrogen-bond donors (Lipinski definition) is 1. The topological polar surface area (TPSA) is 98.3 Å². The van der Waals surface area contributed by atoms with Crippen LogP contribution in [0.2, 0.25) is 0 Å². The van der Waals surface area contributed by atoms with Crippen LogP contribution in [0, 0.1) is 6.92 Å². The second kappa shape index (κ2) is 6.96. The summed E-state index contributed by atoms with van der Waals surface area (Å²) in [4.78, 5) is 19.2. The molecule has 3 rings (SSSR count). The molecule has 0 saturated heterocycles. The number of hydrogen-bond acceptors (Lipinski definition) is 6. The molecule has 0 saturated carbocycles. The number of aromatic nitrogens is 3. The van der Waals surface area contributed by atoms with Gasteiger partial charge in [0.05, 0.1) is 0 Å². The fraction of sp³-hybridized carbons (Fsp3) is 0.111. The van der Waals surface area contributed by atoms with Crippen molar-refractivity contribution in [1.82, 2.24) is 15.1 Å². The van der Waals surface area contributed by atoms with Gasteiger partial charge in [-0.05, 0) is 43.7 Å². The van der Waals surface area contributed by atoms with Gasteiger partial charge in [-0.25, -0.2) is 9.78 Å². The minimum absolute atomic E-state index is 0.117. The van der Waals surface area contributed by atoms with Gasteiger partial charge in [0.2, 0.25) is 11.7 Å². The number of aryl methyl sites for hydroxylation is 1.